The van der Waals surface area contributed by atoms with Crippen molar-refractivity contribution in [1.29, 1.82) is 0 Å². The highest BCUT2D eigenvalue weighted by atomic mass is 32.2. The summed E-state index contributed by atoms with van der Waals surface area (Å²) in [6.45, 7) is 5.69. The van der Waals surface area contributed by atoms with E-state index in [1.807, 2.05) is 0 Å². The van der Waals surface area contributed by atoms with Gasteiger partial charge in [-0.05, 0) is 56.2 Å². The lowest BCUT2D eigenvalue weighted by Gasteiger charge is -2.27. The zero-order chi connectivity index (χ0) is 46.1. The second-order valence-corrected chi connectivity index (χ2v) is 23.0. The summed E-state index contributed by atoms with van der Waals surface area (Å²) in [6.07, 6.45) is 4.58. The minimum atomic E-state index is -4.63. The van der Waals surface area contributed by atoms with Crippen LogP contribution in [-0.2, 0) is 61.4 Å². The molecule has 4 rings (SSSR count). The molecule has 2 aliphatic heterocycles. The third kappa shape index (κ3) is 12.7. The van der Waals surface area contributed by atoms with Gasteiger partial charge in [0.2, 0.25) is 5.69 Å². The van der Waals surface area contributed by atoms with Crippen molar-refractivity contribution < 1.29 is 79.0 Å². The molecule has 2 aromatic carbocycles. The second kappa shape index (κ2) is 17.9. The molecule has 0 spiro atoms. The van der Waals surface area contributed by atoms with Gasteiger partial charge in [-0.15, -0.1) is 0 Å². The maximum atomic E-state index is 13.8. The first-order valence-corrected chi connectivity index (χ1v) is 26.1. The fourth-order valence-corrected chi connectivity index (χ4v) is 9.54. The van der Waals surface area contributed by atoms with E-state index in [-0.39, 0.29) is 53.2 Å². The summed E-state index contributed by atoms with van der Waals surface area (Å²) in [6, 6.07) is 6.42. The van der Waals surface area contributed by atoms with Crippen LogP contribution in [0.1, 0.15) is 72.4 Å². The first-order chi connectivity index (χ1) is 27.7. The van der Waals surface area contributed by atoms with Crippen molar-refractivity contribution in [2.75, 3.05) is 54.1 Å². The summed E-state index contributed by atoms with van der Waals surface area (Å²) in [4.78, 5) is 28.5. The third-order valence-corrected chi connectivity index (χ3v) is 13.9. The van der Waals surface area contributed by atoms with Crippen molar-refractivity contribution >= 4 is 79.5 Å². The highest BCUT2D eigenvalue weighted by molar-refractivity contribution is 7.86. The lowest BCUT2D eigenvalue weighted by Crippen LogP contribution is -2.34. The zero-order valence-corrected chi connectivity index (χ0v) is 37.3. The Hall–Kier alpha value is -4.12. The van der Waals surface area contributed by atoms with Crippen molar-refractivity contribution in [3.63, 3.8) is 0 Å². The number of hydrogen-bond acceptors (Lipinski definition) is 13. The molecule has 338 valence electrons. The molecule has 0 fully saturated rings. The SMILES string of the molecule is CC1(C)C(/C=C/C=C2/N(CCCS(=O)(=O)O)c3ccc(S(=O)(=O)O)cc3C2(C)C)=[N+](CCCS(=O)(=O)O)c2cc(C(=O)NCCS(=O)(=O)O)cc(C(=O)NCCS(=O)(=O)O)c21. The number of fused-ring (bicyclic) bond motifs is 2. The Kier molecular flexibility index (Phi) is 14.6. The van der Waals surface area contributed by atoms with Crippen LogP contribution in [0.3, 0.4) is 0 Å². The molecule has 2 aromatic rings. The summed E-state index contributed by atoms with van der Waals surface area (Å²) in [7, 11) is -22.5. The molecule has 2 aliphatic rings. The lowest BCUT2D eigenvalue weighted by atomic mass is 9.78. The van der Waals surface area contributed by atoms with Gasteiger partial charge in [-0.2, -0.15) is 46.7 Å². The van der Waals surface area contributed by atoms with Gasteiger partial charge in [-0.25, -0.2) is 0 Å². The van der Waals surface area contributed by atoms with Crippen LogP contribution in [0.25, 0.3) is 0 Å². The van der Waals surface area contributed by atoms with Crippen LogP contribution in [0.2, 0.25) is 0 Å². The molecule has 7 N–H and O–H groups in total. The van der Waals surface area contributed by atoms with E-state index < -0.39 is 109 Å². The van der Waals surface area contributed by atoms with E-state index in [0.29, 0.717) is 22.7 Å². The van der Waals surface area contributed by atoms with Crippen LogP contribution < -0.4 is 15.5 Å². The van der Waals surface area contributed by atoms with Gasteiger partial charge in [0.05, 0.1) is 44.4 Å². The quantitative estimate of drug-likeness (QED) is 0.0771. The summed E-state index contributed by atoms with van der Waals surface area (Å²) < 4.78 is 165. The normalized spacial score (nSPS) is 17.2. The van der Waals surface area contributed by atoms with E-state index in [4.69, 9.17) is 4.55 Å². The fraction of sp³-hybridized carbons (Fsp3) is 0.457. The fourth-order valence-electron chi connectivity index (χ4n) is 7.32. The van der Waals surface area contributed by atoms with Crippen LogP contribution in [0.5, 0.6) is 0 Å². The standard InChI is InChI=1S/C35H46N4O17S5/c1-34(2)26-22-24(61(54,55)56)10-11-27(26)38(14-6-16-57(42,43)44)29(34)8-5-9-30-35(3,4)31-25(33(41)37-13-19-60(51,52)53)20-23(32(40)36-12-18-59(48,49)50)21-28(31)39(30)15-7-17-58(45,46)47/h5,8-11,20-22H,6-7,12-19H2,1-4H3,(H6-,36,37,40,41,42,43,44,45,46,47,48,49,50,51,52,53,54,55,56)/p+1. The van der Waals surface area contributed by atoms with Crippen LogP contribution in [0, 0.1) is 0 Å². The summed E-state index contributed by atoms with van der Waals surface area (Å²) in [5.41, 5.74) is -0.248. The monoisotopic (exact) mass is 955 g/mol. The molecular formula is C35H47N4O17S5+. The Bertz CT molecular complexity index is 2780. The molecule has 0 aromatic heterocycles. The summed E-state index contributed by atoms with van der Waals surface area (Å²) in [5, 5.41) is 4.71. The van der Waals surface area contributed by atoms with Crippen molar-refractivity contribution in [3.8, 4) is 0 Å². The average molecular weight is 956 g/mol. The molecule has 0 atom stereocenters. The number of amides is 2. The molecule has 2 amide bonds. The van der Waals surface area contributed by atoms with Gasteiger partial charge in [0, 0.05) is 60.6 Å². The third-order valence-electron chi connectivity index (χ3n) is 10.00. The predicted octanol–water partition coefficient (Wildman–Crippen LogP) is 1.34. The molecule has 21 nitrogen and oxygen atoms in total. The van der Waals surface area contributed by atoms with Gasteiger partial charge in [0.25, 0.3) is 62.4 Å². The molecule has 26 heteroatoms. The number of hydrogen-bond donors (Lipinski definition) is 7. The molecular weight excluding hydrogens is 909 g/mol. The van der Waals surface area contributed by atoms with Crippen LogP contribution in [0.15, 0.2) is 59.2 Å². The molecule has 0 saturated heterocycles. The van der Waals surface area contributed by atoms with E-state index in [2.05, 4.69) is 10.6 Å². The minimum absolute atomic E-state index is 0.0293. The van der Waals surface area contributed by atoms with Crippen molar-refractivity contribution in [2.45, 2.75) is 56.3 Å². The Morgan fingerprint density at radius 2 is 1.25 bits per heavy atom. The van der Waals surface area contributed by atoms with Crippen molar-refractivity contribution in [2.24, 2.45) is 0 Å². The van der Waals surface area contributed by atoms with Gasteiger partial charge in [0.1, 0.15) is 6.54 Å². The zero-order valence-electron chi connectivity index (χ0n) is 33.3. The lowest BCUT2D eigenvalue weighted by molar-refractivity contribution is -0.437. The first kappa shape index (κ1) is 49.5. The van der Waals surface area contributed by atoms with Gasteiger partial charge in [-0.3, -0.25) is 32.4 Å². The second-order valence-electron chi connectivity index (χ2n) is 15.3. The molecule has 0 bridgehead atoms. The molecule has 0 saturated carbocycles. The van der Waals surface area contributed by atoms with Crippen LogP contribution >= 0.6 is 0 Å². The Morgan fingerprint density at radius 1 is 0.705 bits per heavy atom. The number of rotatable bonds is 19. The summed E-state index contributed by atoms with van der Waals surface area (Å²) in [5.74, 6) is -4.78. The number of nitrogens with one attached hydrogen (secondary N) is 2. The Labute approximate surface area is 354 Å². The van der Waals surface area contributed by atoms with Gasteiger partial charge >= 0.3 is 0 Å². The van der Waals surface area contributed by atoms with Gasteiger partial charge in [0.15, 0.2) is 5.71 Å². The van der Waals surface area contributed by atoms with Crippen molar-refractivity contribution in [3.05, 3.63) is 76.5 Å². The number of nitrogens with zero attached hydrogens (tertiary/aromatic N) is 2. The largest absolute Gasteiger partial charge is 0.351 e. The topological polar surface area (TPSA) is 336 Å². The smallest absolute Gasteiger partial charge is 0.294 e. The van der Waals surface area contributed by atoms with E-state index in [1.165, 1.54) is 30.3 Å². The maximum absolute atomic E-state index is 13.8. The molecule has 0 radical (unpaired) electrons. The van der Waals surface area contributed by atoms with Gasteiger partial charge in [-0.1, -0.05) is 19.9 Å². The molecule has 0 unspecified atom stereocenters. The van der Waals surface area contributed by atoms with E-state index in [0.717, 1.165) is 0 Å². The van der Waals surface area contributed by atoms with E-state index in [1.54, 1.807) is 55.4 Å². The van der Waals surface area contributed by atoms with Crippen molar-refractivity contribution in [1.82, 2.24) is 10.6 Å². The van der Waals surface area contributed by atoms with E-state index in [9.17, 15) is 69.9 Å². The van der Waals surface area contributed by atoms with Gasteiger partial charge < -0.3 is 15.5 Å². The highest BCUT2D eigenvalue weighted by Gasteiger charge is 2.48. The molecule has 2 heterocycles. The van der Waals surface area contributed by atoms with Crippen LogP contribution in [0.4, 0.5) is 11.4 Å². The molecule has 61 heavy (non-hydrogen) atoms. The number of allylic oxidation sites excluding steroid dienone is 4. The average Bonchev–Trinajstić information content (AvgIpc) is 3.43. The minimum Gasteiger partial charge on any atom is -0.351 e. The van der Waals surface area contributed by atoms with E-state index >= 15 is 0 Å². The number of benzene rings is 2. The Morgan fingerprint density at radius 3 is 1.79 bits per heavy atom. The first-order valence-electron chi connectivity index (χ1n) is 18.2. The summed E-state index contributed by atoms with van der Waals surface area (Å²) >= 11 is 0. The Balaban J connectivity index is 1.92. The number of carbonyl (C=O) groups is 2. The highest BCUT2D eigenvalue weighted by Crippen LogP contribution is 2.49. The van der Waals surface area contributed by atoms with Crippen LogP contribution in [-0.4, -0.2) is 136 Å². The predicted molar refractivity (Wildman–Crippen MR) is 223 cm³/mol. The number of carbonyl (C=O) groups excluding carboxylic acids is 2. The maximum Gasteiger partial charge on any atom is 0.294 e. The molecule has 0 aliphatic carbocycles. The number of anilines is 1.